The summed E-state index contributed by atoms with van der Waals surface area (Å²) < 4.78 is 0. The van der Waals surface area contributed by atoms with Crippen LogP contribution in [0.4, 0.5) is 0 Å². The Bertz CT molecular complexity index is 373. The van der Waals surface area contributed by atoms with Crippen LogP contribution < -0.4 is 5.32 Å². The molecule has 20 heavy (non-hydrogen) atoms. The monoisotopic (exact) mass is 274 g/mol. The summed E-state index contributed by atoms with van der Waals surface area (Å²) in [5.41, 5.74) is 3.11. The third-order valence-electron chi connectivity index (χ3n) is 4.13. The van der Waals surface area contributed by atoms with Crippen LogP contribution in [0.1, 0.15) is 31.9 Å². The largest absolute Gasteiger partial charge is 0.316 e. The van der Waals surface area contributed by atoms with Crippen molar-refractivity contribution in [2.45, 2.75) is 33.6 Å². The Labute approximate surface area is 124 Å². The predicted octanol–water partition coefficient (Wildman–Crippen LogP) is 2.97. The Balaban J connectivity index is 1.75. The van der Waals surface area contributed by atoms with Crippen molar-refractivity contribution in [1.29, 1.82) is 0 Å². The topological polar surface area (TPSA) is 15.3 Å². The fourth-order valence-electron chi connectivity index (χ4n) is 3.02. The van der Waals surface area contributed by atoms with Crippen molar-refractivity contribution in [3.8, 4) is 0 Å². The molecular formula is C18H30N2. The van der Waals surface area contributed by atoms with Crippen LogP contribution in [0.3, 0.4) is 0 Å². The summed E-state index contributed by atoms with van der Waals surface area (Å²) in [6, 6.07) is 8.94. The maximum Gasteiger partial charge on any atom is 0.00222 e. The van der Waals surface area contributed by atoms with Crippen LogP contribution in [-0.4, -0.2) is 37.6 Å². The van der Waals surface area contributed by atoms with E-state index in [4.69, 9.17) is 0 Å². The van der Waals surface area contributed by atoms with Gasteiger partial charge in [0, 0.05) is 19.6 Å². The fraction of sp³-hybridized carbons (Fsp3) is 0.667. The zero-order valence-electron chi connectivity index (χ0n) is 13.4. The fourth-order valence-corrected chi connectivity index (χ4v) is 3.02. The first-order valence-corrected chi connectivity index (χ1v) is 8.15. The molecule has 0 spiro atoms. The molecule has 1 unspecified atom stereocenters. The van der Waals surface area contributed by atoms with E-state index in [1.807, 2.05) is 0 Å². The van der Waals surface area contributed by atoms with Crippen LogP contribution in [0, 0.1) is 11.8 Å². The van der Waals surface area contributed by atoms with Crippen molar-refractivity contribution >= 4 is 0 Å². The number of hydrogen-bond acceptors (Lipinski definition) is 2. The van der Waals surface area contributed by atoms with Gasteiger partial charge in [-0.15, -0.1) is 0 Å². The van der Waals surface area contributed by atoms with Gasteiger partial charge in [0.15, 0.2) is 0 Å². The third-order valence-corrected chi connectivity index (χ3v) is 4.13. The highest BCUT2D eigenvalue weighted by atomic mass is 15.1. The molecule has 1 aliphatic heterocycles. The normalized spacial score (nSPS) is 17.8. The van der Waals surface area contributed by atoms with Gasteiger partial charge >= 0.3 is 0 Å². The summed E-state index contributed by atoms with van der Waals surface area (Å²) in [5, 5.41) is 3.58. The van der Waals surface area contributed by atoms with E-state index in [1.165, 1.54) is 32.5 Å². The van der Waals surface area contributed by atoms with E-state index >= 15 is 0 Å². The van der Waals surface area contributed by atoms with Crippen LogP contribution in [0.15, 0.2) is 24.3 Å². The van der Waals surface area contributed by atoms with Crippen molar-refractivity contribution < 1.29 is 0 Å². The van der Waals surface area contributed by atoms with Gasteiger partial charge in [0.2, 0.25) is 0 Å². The molecule has 0 saturated heterocycles. The van der Waals surface area contributed by atoms with Crippen molar-refractivity contribution in [2.75, 3.05) is 32.7 Å². The van der Waals surface area contributed by atoms with E-state index in [0.29, 0.717) is 0 Å². The molecule has 2 nitrogen and oxygen atoms in total. The second-order valence-corrected chi connectivity index (χ2v) is 6.73. The lowest BCUT2D eigenvalue weighted by Gasteiger charge is -2.24. The molecule has 1 aromatic carbocycles. The second-order valence-electron chi connectivity index (χ2n) is 6.73. The molecule has 0 radical (unpaired) electrons. The van der Waals surface area contributed by atoms with Gasteiger partial charge in [-0.3, -0.25) is 0 Å². The molecule has 0 aliphatic carbocycles. The minimum atomic E-state index is 0.731. The zero-order valence-corrected chi connectivity index (χ0v) is 13.4. The highest BCUT2D eigenvalue weighted by Crippen LogP contribution is 2.16. The van der Waals surface area contributed by atoms with Crippen LogP contribution in [0.5, 0.6) is 0 Å². The smallest absolute Gasteiger partial charge is 0.00222 e. The summed E-state index contributed by atoms with van der Waals surface area (Å²) in [7, 11) is 0. The van der Waals surface area contributed by atoms with Crippen molar-refractivity contribution in [1.82, 2.24) is 10.2 Å². The molecule has 2 rings (SSSR count). The number of nitrogens with one attached hydrogen (secondary N) is 1. The van der Waals surface area contributed by atoms with Gasteiger partial charge in [-0.1, -0.05) is 45.0 Å². The van der Waals surface area contributed by atoms with Gasteiger partial charge < -0.3 is 10.2 Å². The summed E-state index contributed by atoms with van der Waals surface area (Å²) >= 11 is 0. The first kappa shape index (κ1) is 15.5. The first-order chi connectivity index (χ1) is 9.65. The SMILES string of the molecule is CC(C)CNCC(C)CN1CCc2ccccc2CC1. The molecule has 2 heteroatoms. The maximum absolute atomic E-state index is 3.58. The number of hydrogen-bond donors (Lipinski definition) is 1. The highest BCUT2D eigenvalue weighted by Gasteiger charge is 2.15. The van der Waals surface area contributed by atoms with Gasteiger partial charge in [0.1, 0.15) is 0 Å². The van der Waals surface area contributed by atoms with E-state index in [-0.39, 0.29) is 0 Å². The van der Waals surface area contributed by atoms with Gasteiger partial charge in [0.25, 0.3) is 0 Å². The van der Waals surface area contributed by atoms with E-state index in [9.17, 15) is 0 Å². The molecule has 1 aliphatic rings. The maximum atomic E-state index is 3.58. The van der Waals surface area contributed by atoms with E-state index in [2.05, 4.69) is 55.3 Å². The van der Waals surface area contributed by atoms with Crippen molar-refractivity contribution in [3.63, 3.8) is 0 Å². The van der Waals surface area contributed by atoms with E-state index in [1.54, 1.807) is 11.1 Å². The van der Waals surface area contributed by atoms with Crippen LogP contribution in [0.2, 0.25) is 0 Å². The van der Waals surface area contributed by atoms with Gasteiger partial charge in [-0.25, -0.2) is 0 Å². The number of nitrogens with zero attached hydrogens (tertiary/aromatic N) is 1. The minimum Gasteiger partial charge on any atom is -0.316 e. The van der Waals surface area contributed by atoms with Crippen LogP contribution >= 0.6 is 0 Å². The molecule has 112 valence electrons. The molecule has 0 fully saturated rings. The molecule has 1 heterocycles. The Morgan fingerprint density at radius 2 is 1.60 bits per heavy atom. The Morgan fingerprint density at radius 3 is 2.15 bits per heavy atom. The van der Waals surface area contributed by atoms with Gasteiger partial charge in [-0.2, -0.15) is 0 Å². The highest BCUT2D eigenvalue weighted by molar-refractivity contribution is 5.28. The van der Waals surface area contributed by atoms with Crippen LogP contribution in [-0.2, 0) is 12.8 Å². The third kappa shape index (κ3) is 4.92. The lowest BCUT2D eigenvalue weighted by atomic mass is 10.0. The van der Waals surface area contributed by atoms with Crippen LogP contribution in [0.25, 0.3) is 0 Å². The first-order valence-electron chi connectivity index (χ1n) is 8.15. The second kappa shape index (κ2) is 7.80. The predicted molar refractivity (Wildman–Crippen MR) is 87.2 cm³/mol. The number of fused-ring (bicyclic) bond motifs is 1. The average Bonchev–Trinajstić information content (AvgIpc) is 2.61. The van der Waals surface area contributed by atoms with Gasteiger partial charge in [-0.05, 0) is 48.9 Å². The quantitative estimate of drug-likeness (QED) is 0.858. The molecule has 1 N–H and O–H groups in total. The molecular weight excluding hydrogens is 244 g/mol. The minimum absolute atomic E-state index is 0.731. The molecule has 0 bridgehead atoms. The molecule has 1 atom stereocenters. The Morgan fingerprint density at radius 1 is 1.00 bits per heavy atom. The van der Waals surface area contributed by atoms with E-state index < -0.39 is 0 Å². The lowest BCUT2D eigenvalue weighted by Crippen LogP contribution is -2.35. The number of benzene rings is 1. The number of rotatable bonds is 6. The Kier molecular flexibility index (Phi) is 6.06. The van der Waals surface area contributed by atoms with Gasteiger partial charge in [0.05, 0.1) is 0 Å². The average molecular weight is 274 g/mol. The van der Waals surface area contributed by atoms with Crippen molar-refractivity contribution in [2.24, 2.45) is 11.8 Å². The molecule has 1 aromatic rings. The molecule has 0 saturated carbocycles. The van der Waals surface area contributed by atoms with Crippen molar-refractivity contribution in [3.05, 3.63) is 35.4 Å². The zero-order chi connectivity index (χ0) is 14.4. The summed E-state index contributed by atoms with van der Waals surface area (Å²) in [6.45, 7) is 12.8. The summed E-state index contributed by atoms with van der Waals surface area (Å²) in [5.74, 6) is 1.48. The standard InChI is InChI=1S/C18H30N2/c1-15(2)12-19-13-16(3)14-20-10-8-17-6-4-5-7-18(17)9-11-20/h4-7,15-16,19H,8-14H2,1-3H3. The Hall–Kier alpha value is -0.860. The molecule has 0 amide bonds. The molecule has 0 aromatic heterocycles. The van der Waals surface area contributed by atoms with E-state index in [0.717, 1.165) is 24.9 Å². The summed E-state index contributed by atoms with van der Waals surface area (Å²) in [6.07, 6.45) is 2.42. The lowest BCUT2D eigenvalue weighted by molar-refractivity contribution is 0.244. The summed E-state index contributed by atoms with van der Waals surface area (Å²) in [4.78, 5) is 2.64.